The van der Waals surface area contributed by atoms with Crippen molar-refractivity contribution in [3.05, 3.63) is 35.1 Å². The Bertz CT molecular complexity index is 716. The molecule has 0 saturated carbocycles. The Morgan fingerprint density at radius 3 is 2.16 bits per heavy atom. The normalized spacial score (nSPS) is 13.1. The number of amides is 1. The third-order valence-electron chi connectivity index (χ3n) is 2.94. The van der Waals surface area contributed by atoms with E-state index in [4.69, 9.17) is 4.74 Å². The highest BCUT2D eigenvalue weighted by Gasteiger charge is 2.39. The molecule has 2 N–H and O–H groups in total. The van der Waals surface area contributed by atoms with Gasteiger partial charge in [-0.25, -0.2) is 4.79 Å². The molecule has 0 saturated heterocycles. The molecular weight excluding hydrogens is 339 g/mol. The summed E-state index contributed by atoms with van der Waals surface area (Å²) in [6.07, 6.45) is -6.00. The minimum atomic E-state index is -5.10. The van der Waals surface area contributed by atoms with Crippen molar-refractivity contribution in [1.29, 1.82) is 0 Å². The van der Waals surface area contributed by atoms with Gasteiger partial charge < -0.3 is 9.84 Å². The number of carbonyl (C=O) groups is 2. The SMILES string of the molecule is CC(=O)/C(=C(\O)C(F)(F)F)c1cc(C)ccc1NC(=O)OC(C)(C)C. The number of Topliss-reactive ketones (excluding diaryl/α,β-unsaturated/α-hetero) is 1. The Morgan fingerprint density at radius 2 is 1.72 bits per heavy atom. The zero-order valence-corrected chi connectivity index (χ0v) is 14.5. The highest BCUT2D eigenvalue weighted by molar-refractivity contribution is 6.22. The Hall–Kier alpha value is -2.51. The molecule has 1 aromatic rings. The molecule has 0 aliphatic heterocycles. The van der Waals surface area contributed by atoms with Gasteiger partial charge in [-0.1, -0.05) is 11.6 Å². The van der Waals surface area contributed by atoms with Crippen LogP contribution in [0.4, 0.5) is 23.7 Å². The smallest absolute Gasteiger partial charge is 0.449 e. The van der Waals surface area contributed by atoms with Crippen LogP contribution in [-0.4, -0.2) is 28.8 Å². The molecule has 138 valence electrons. The monoisotopic (exact) mass is 359 g/mol. The number of rotatable bonds is 3. The number of benzene rings is 1. The summed E-state index contributed by atoms with van der Waals surface area (Å²) in [6, 6.07) is 4.14. The van der Waals surface area contributed by atoms with E-state index in [1.54, 1.807) is 33.8 Å². The van der Waals surface area contributed by atoms with Gasteiger partial charge in [0, 0.05) is 5.56 Å². The number of allylic oxidation sites excluding steroid dienone is 2. The summed E-state index contributed by atoms with van der Waals surface area (Å²) in [5.74, 6) is -3.01. The number of alkyl halides is 3. The summed E-state index contributed by atoms with van der Waals surface area (Å²) >= 11 is 0. The Labute approximate surface area is 143 Å². The van der Waals surface area contributed by atoms with Crippen LogP contribution in [0.2, 0.25) is 0 Å². The van der Waals surface area contributed by atoms with Crippen molar-refractivity contribution in [2.24, 2.45) is 0 Å². The van der Waals surface area contributed by atoms with Gasteiger partial charge in [-0.3, -0.25) is 10.1 Å². The number of ketones is 1. The van der Waals surface area contributed by atoms with Gasteiger partial charge in [0.05, 0.1) is 11.3 Å². The van der Waals surface area contributed by atoms with Crippen LogP contribution in [0.3, 0.4) is 0 Å². The van der Waals surface area contributed by atoms with Gasteiger partial charge in [-0.15, -0.1) is 0 Å². The Balaban J connectivity index is 3.46. The fourth-order valence-electron chi connectivity index (χ4n) is 2.01. The second kappa shape index (κ2) is 7.16. The van der Waals surface area contributed by atoms with E-state index in [-0.39, 0.29) is 11.3 Å². The van der Waals surface area contributed by atoms with E-state index in [1.807, 2.05) is 0 Å². The highest BCUT2D eigenvalue weighted by atomic mass is 19.4. The number of hydrogen-bond donors (Lipinski definition) is 2. The lowest BCUT2D eigenvalue weighted by molar-refractivity contribution is -0.123. The van der Waals surface area contributed by atoms with E-state index in [0.29, 0.717) is 5.56 Å². The number of nitrogens with one attached hydrogen (secondary N) is 1. The lowest BCUT2D eigenvalue weighted by Gasteiger charge is -2.21. The second-order valence-electron chi connectivity index (χ2n) is 6.45. The zero-order valence-electron chi connectivity index (χ0n) is 14.5. The minimum Gasteiger partial charge on any atom is -0.504 e. The first-order chi connectivity index (χ1) is 11.2. The second-order valence-corrected chi connectivity index (χ2v) is 6.45. The molecule has 0 aliphatic rings. The summed E-state index contributed by atoms with van der Waals surface area (Å²) in [4.78, 5) is 23.7. The predicted octanol–water partition coefficient (Wildman–Crippen LogP) is 4.76. The number of aryl methyl sites for hydroxylation is 1. The largest absolute Gasteiger partial charge is 0.504 e. The molecule has 25 heavy (non-hydrogen) atoms. The van der Waals surface area contributed by atoms with Crippen LogP contribution < -0.4 is 5.32 Å². The molecule has 1 rings (SSSR count). The van der Waals surface area contributed by atoms with E-state index < -0.39 is 35.0 Å². The van der Waals surface area contributed by atoms with Crippen molar-refractivity contribution in [2.45, 2.75) is 46.4 Å². The maximum Gasteiger partial charge on any atom is 0.449 e. The van der Waals surface area contributed by atoms with E-state index in [9.17, 15) is 27.9 Å². The summed E-state index contributed by atoms with van der Waals surface area (Å²) < 4.78 is 43.7. The molecule has 1 amide bonds. The highest BCUT2D eigenvalue weighted by Crippen LogP contribution is 2.34. The predicted molar refractivity (Wildman–Crippen MR) is 87.3 cm³/mol. The number of aliphatic hydroxyl groups is 1. The summed E-state index contributed by atoms with van der Waals surface area (Å²) in [6.45, 7) is 7.37. The van der Waals surface area contributed by atoms with Gasteiger partial charge >= 0.3 is 12.3 Å². The molecule has 0 unspecified atom stereocenters. The van der Waals surface area contributed by atoms with Crippen LogP contribution in [0.15, 0.2) is 24.0 Å². The molecule has 0 atom stereocenters. The van der Waals surface area contributed by atoms with Crippen molar-refractivity contribution in [1.82, 2.24) is 0 Å². The maximum atomic E-state index is 12.9. The molecule has 1 aromatic carbocycles. The third-order valence-corrected chi connectivity index (χ3v) is 2.94. The van der Waals surface area contributed by atoms with Crippen LogP contribution >= 0.6 is 0 Å². The fraction of sp³-hybridized carbons (Fsp3) is 0.412. The Kier molecular flexibility index (Phi) is 5.88. The number of aliphatic hydroxyl groups excluding tert-OH is 1. The Morgan fingerprint density at radius 1 is 1.16 bits per heavy atom. The number of ether oxygens (including phenoxy) is 1. The van der Waals surface area contributed by atoms with Crippen LogP contribution in [0.1, 0.15) is 38.8 Å². The van der Waals surface area contributed by atoms with E-state index in [1.165, 1.54) is 12.1 Å². The minimum absolute atomic E-state index is 0.0825. The topological polar surface area (TPSA) is 75.6 Å². The zero-order chi connectivity index (χ0) is 19.6. The van der Waals surface area contributed by atoms with Crippen molar-refractivity contribution < 1.29 is 32.6 Å². The molecule has 8 heteroatoms. The van der Waals surface area contributed by atoms with Crippen LogP contribution in [0.5, 0.6) is 0 Å². The number of carbonyl (C=O) groups excluding carboxylic acids is 2. The summed E-state index contributed by atoms with van der Waals surface area (Å²) in [5.41, 5.74) is -1.53. The van der Waals surface area contributed by atoms with Crippen LogP contribution in [0.25, 0.3) is 5.57 Å². The van der Waals surface area contributed by atoms with Gasteiger partial charge in [0.1, 0.15) is 5.60 Å². The van der Waals surface area contributed by atoms with Gasteiger partial charge in [0.15, 0.2) is 5.78 Å². The standard InChI is InChI=1S/C17H20F3NO4/c1-9-6-7-12(21-15(24)25-16(3,4)5)11(8-9)13(10(2)22)14(23)17(18,19)20/h6-8,23H,1-5H3,(H,21,24)/b14-13+. The molecule has 0 spiro atoms. The van der Waals surface area contributed by atoms with Crippen LogP contribution in [-0.2, 0) is 9.53 Å². The van der Waals surface area contributed by atoms with Crippen molar-refractivity contribution in [3.8, 4) is 0 Å². The van der Waals surface area contributed by atoms with E-state index >= 15 is 0 Å². The number of halogens is 3. The molecule has 0 radical (unpaired) electrons. The molecular formula is C17H20F3NO4. The molecule has 0 fully saturated rings. The number of hydrogen-bond acceptors (Lipinski definition) is 4. The van der Waals surface area contributed by atoms with Crippen molar-refractivity contribution >= 4 is 23.1 Å². The van der Waals surface area contributed by atoms with Gasteiger partial charge in [0.25, 0.3) is 0 Å². The van der Waals surface area contributed by atoms with Crippen molar-refractivity contribution in [2.75, 3.05) is 5.32 Å². The molecule has 0 aliphatic carbocycles. The summed E-state index contributed by atoms with van der Waals surface area (Å²) in [7, 11) is 0. The van der Waals surface area contributed by atoms with Gasteiger partial charge in [-0.2, -0.15) is 13.2 Å². The maximum absolute atomic E-state index is 12.9. The fourth-order valence-corrected chi connectivity index (χ4v) is 2.01. The first-order valence-electron chi connectivity index (χ1n) is 7.35. The molecule has 0 bridgehead atoms. The van der Waals surface area contributed by atoms with E-state index in [2.05, 4.69) is 5.32 Å². The van der Waals surface area contributed by atoms with Crippen LogP contribution in [0, 0.1) is 6.92 Å². The molecule has 5 nitrogen and oxygen atoms in total. The summed E-state index contributed by atoms with van der Waals surface area (Å²) in [5, 5.41) is 11.8. The van der Waals surface area contributed by atoms with Gasteiger partial charge in [0.2, 0.25) is 5.76 Å². The molecule has 0 aromatic heterocycles. The first-order valence-corrected chi connectivity index (χ1v) is 7.35. The average Bonchev–Trinajstić information content (AvgIpc) is 2.38. The quantitative estimate of drug-likeness (QED) is 0.602. The first kappa shape index (κ1) is 20.5. The molecule has 0 heterocycles. The average molecular weight is 359 g/mol. The lowest BCUT2D eigenvalue weighted by Crippen LogP contribution is -2.27. The van der Waals surface area contributed by atoms with Gasteiger partial charge in [-0.05, 0) is 46.8 Å². The van der Waals surface area contributed by atoms with Crippen molar-refractivity contribution in [3.63, 3.8) is 0 Å². The number of anilines is 1. The third kappa shape index (κ3) is 5.81. The lowest BCUT2D eigenvalue weighted by atomic mass is 9.97. The van der Waals surface area contributed by atoms with E-state index in [0.717, 1.165) is 6.92 Å².